The lowest BCUT2D eigenvalue weighted by atomic mass is 10.1. The van der Waals surface area contributed by atoms with Crippen LogP contribution in [0.15, 0.2) is 72.8 Å². The van der Waals surface area contributed by atoms with Gasteiger partial charge in [0, 0.05) is 41.3 Å². The molecule has 0 fully saturated rings. The van der Waals surface area contributed by atoms with Gasteiger partial charge in [-0.3, -0.25) is 14.4 Å². The first-order chi connectivity index (χ1) is 16.4. The third-order valence-corrected chi connectivity index (χ3v) is 5.42. The first kappa shape index (κ1) is 24.5. The predicted octanol–water partition coefficient (Wildman–Crippen LogP) is 5.06. The largest absolute Gasteiger partial charge is 0.376 e. The number of amides is 3. The van der Waals surface area contributed by atoms with Crippen LogP contribution < -0.4 is 20.9 Å². The Balaban J connectivity index is 1.58. The van der Waals surface area contributed by atoms with Gasteiger partial charge in [-0.2, -0.15) is 0 Å². The second-order valence-corrected chi connectivity index (χ2v) is 7.74. The molecule has 0 aromatic heterocycles. The molecule has 0 bridgehead atoms. The van der Waals surface area contributed by atoms with Crippen LogP contribution in [0, 0.1) is 6.92 Å². The van der Waals surface area contributed by atoms with Gasteiger partial charge in [0.1, 0.15) is 0 Å². The maximum absolute atomic E-state index is 12.9. The fourth-order valence-electron chi connectivity index (χ4n) is 3.46. The van der Waals surface area contributed by atoms with Gasteiger partial charge in [-0.25, -0.2) is 0 Å². The van der Waals surface area contributed by atoms with E-state index in [0.717, 1.165) is 16.9 Å². The Morgan fingerprint density at radius 3 is 1.97 bits per heavy atom. The topological polar surface area (TPSA) is 90.5 Å². The molecule has 3 aromatic carbocycles. The van der Waals surface area contributed by atoms with E-state index in [1.165, 1.54) is 0 Å². The van der Waals surface area contributed by atoms with Gasteiger partial charge in [-0.15, -0.1) is 0 Å². The number of para-hydroxylation sites is 1. The average molecular weight is 459 g/mol. The predicted molar refractivity (Wildman–Crippen MR) is 137 cm³/mol. The SMILES string of the molecule is CCC(=O)Nc1cccc(NC(=O)CNc2ccc(C(=O)N(CC)c3ccccc3)cc2)c1C. The van der Waals surface area contributed by atoms with Gasteiger partial charge in [0.15, 0.2) is 0 Å². The highest BCUT2D eigenvalue weighted by Crippen LogP contribution is 2.23. The van der Waals surface area contributed by atoms with Crippen LogP contribution in [0.2, 0.25) is 0 Å². The van der Waals surface area contributed by atoms with Crippen molar-refractivity contribution >= 4 is 40.5 Å². The minimum Gasteiger partial charge on any atom is -0.376 e. The Morgan fingerprint density at radius 1 is 0.765 bits per heavy atom. The summed E-state index contributed by atoms with van der Waals surface area (Å²) in [5.41, 5.74) is 4.26. The van der Waals surface area contributed by atoms with Gasteiger partial charge in [-0.05, 0) is 67.9 Å². The van der Waals surface area contributed by atoms with Crippen LogP contribution in [0.4, 0.5) is 22.7 Å². The van der Waals surface area contributed by atoms with Gasteiger partial charge in [0.25, 0.3) is 5.91 Å². The number of hydrogen-bond donors (Lipinski definition) is 3. The van der Waals surface area contributed by atoms with Gasteiger partial charge < -0.3 is 20.9 Å². The zero-order chi connectivity index (χ0) is 24.5. The number of rotatable bonds is 9. The van der Waals surface area contributed by atoms with Crippen LogP contribution in [0.3, 0.4) is 0 Å². The van der Waals surface area contributed by atoms with E-state index < -0.39 is 0 Å². The Kier molecular flexibility index (Phi) is 8.40. The molecule has 34 heavy (non-hydrogen) atoms. The van der Waals surface area contributed by atoms with Crippen LogP contribution >= 0.6 is 0 Å². The minimum absolute atomic E-state index is 0.0589. The maximum Gasteiger partial charge on any atom is 0.258 e. The van der Waals surface area contributed by atoms with Crippen LogP contribution in [0.25, 0.3) is 0 Å². The molecular formula is C27H30N4O3. The smallest absolute Gasteiger partial charge is 0.258 e. The van der Waals surface area contributed by atoms with Gasteiger partial charge in [-0.1, -0.05) is 31.2 Å². The number of hydrogen-bond acceptors (Lipinski definition) is 4. The van der Waals surface area contributed by atoms with E-state index in [-0.39, 0.29) is 24.3 Å². The Morgan fingerprint density at radius 2 is 1.38 bits per heavy atom. The highest BCUT2D eigenvalue weighted by atomic mass is 16.2. The van der Waals surface area contributed by atoms with E-state index in [1.54, 1.807) is 54.3 Å². The summed E-state index contributed by atoms with van der Waals surface area (Å²) < 4.78 is 0. The first-order valence-electron chi connectivity index (χ1n) is 11.3. The van der Waals surface area contributed by atoms with E-state index in [4.69, 9.17) is 0 Å². The molecular weight excluding hydrogens is 428 g/mol. The molecule has 3 N–H and O–H groups in total. The summed E-state index contributed by atoms with van der Waals surface area (Å²) >= 11 is 0. The van der Waals surface area contributed by atoms with E-state index in [2.05, 4.69) is 16.0 Å². The molecule has 0 spiro atoms. The van der Waals surface area contributed by atoms with Gasteiger partial charge >= 0.3 is 0 Å². The number of nitrogens with zero attached hydrogens (tertiary/aromatic N) is 1. The Hall–Kier alpha value is -4.13. The van der Waals surface area contributed by atoms with Crippen molar-refractivity contribution in [2.45, 2.75) is 27.2 Å². The van der Waals surface area contributed by atoms with Crippen LogP contribution in [-0.2, 0) is 9.59 Å². The standard InChI is InChI=1S/C27H30N4O3/c1-4-25(32)29-23-12-9-13-24(19(23)3)30-26(33)18-28-21-16-14-20(15-17-21)27(34)31(5-2)22-10-7-6-8-11-22/h6-17,28H,4-5,18H2,1-3H3,(H,29,32)(H,30,33). The van der Waals surface area contributed by atoms with Gasteiger partial charge in [0.05, 0.1) is 6.54 Å². The summed E-state index contributed by atoms with van der Waals surface area (Å²) in [6, 6.07) is 22.0. The summed E-state index contributed by atoms with van der Waals surface area (Å²) in [5.74, 6) is -0.382. The third kappa shape index (κ3) is 6.22. The van der Waals surface area contributed by atoms with Gasteiger partial charge in [0.2, 0.25) is 11.8 Å². The Bertz CT molecular complexity index is 1140. The molecule has 0 aliphatic rings. The summed E-state index contributed by atoms with van der Waals surface area (Å²) in [4.78, 5) is 38.8. The molecule has 3 aromatic rings. The minimum atomic E-state index is -0.219. The highest BCUT2D eigenvalue weighted by molar-refractivity contribution is 6.06. The molecule has 7 heteroatoms. The number of anilines is 4. The van der Waals surface area contributed by atoms with Crippen molar-refractivity contribution in [1.82, 2.24) is 0 Å². The molecule has 0 unspecified atom stereocenters. The van der Waals surface area contributed by atoms with Crippen molar-refractivity contribution in [2.24, 2.45) is 0 Å². The molecule has 0 aliphatic heterocycles. The zero-order valence-electron chi connectivity index (χ0n) is 19.7. The molecule has 0 aliphatic carbocycles. The second kappa shape index (κ2) is 11.7. The lowest BCUT2D eigenvalue weighted by Crippen LogP contribution is -2.30. The van der Waals surface area contributed by atoms with Crippen molar-refractivity contribution in [3.63, 3.8) is 0 Å². The fourth-order valence-corrected chi connectivity index (χ4v) is 3.46. The molecule has 0 heterocycles. The summed E-state index contributed by atoms with van der Waals surface area (Å²) in [6.07, 6.45) is 0.382. The molecule has 0 saturated carbocycles. The van der Waals surface area contributed by atoms with E-state index in [1.807, 2.05) is 44.2 Å². The number of carbonyl (C=O) groups excluding carboxylic acids is 3. The second-order valence-electron chi connectivity index (χ2n) is 7.74. The molecule has 3 rings (SSSR count). The number of benzene rings is 3. The average Bonchev–Trinajstić information content (AvgIpc) is 2.86. The monoisotopic (exact) mass is 458 g/mol. The first-order valence-corrected chi connectivity index (χ1v) is 11.3. The van der Waals surface area contributed by atoms with E-state index in [9.17, 15) is 14.4 Å². The lowest BCUT2D eigenvalue weighted by molar-refractivity contribution is -0.116. The van der Waals surface area contributed by atoms with Crippen molar-refractivity contribution in [3.8, 4) is 0 Å². The normalized spacial score (nSPS) is 10.3. The van der Waals surface area contributed by atoms with Crippen molar-refractivity contribution in [1.29, 1.82) is 0 Å². The summed E-state index contributed by atoms with van der Waals surface area (Å²) in [5, 5.41) is 8.77. The summed E-state index contributed by atoms with van der Waals surface area (Å²) in [6.45, 7) is 6.19. The van der Waals surface area contributed by atoms with Crippen molar-refractivity contribution in [3.05, 3.63) is 83.9 Å². The van der Waals surface area contributed by atoms with E-state index >= 15 is 0 Å². The van der Waals surface area contributed by atoms with Crippen LogP contribution in [0.5, 0.6) is 0 Å². The van der Waals surface area contributed by atoms with Crippen LogP contribution in [0.1, 0.15) is 36.2 Å². The molecule has 0 saturated heterocycles. The van der Waals surface area contributed by atoms with Crippen molar-refractivity contribution < 1.29 is 14.4 Å². The zero-order valence-corrected chi connectivity index (χ0v) is 19.7. The lowest BCUT2D eigenvalue weighted by Gasteiger charge is -2.21. The molecule has 7 nitrogen and oxygen atoms in total. The molecule has 0 atom stereocenters. The molecule has 176 valence electrons. The fraction of sp³-hybridized carbons (Fsp3) is 0.222. The highest BCUT2D eigenvalue weighted by Gasteiger charge is 2.16. The van der Waals surface area contributed by atoms with Crippen LogP contribution in [-0.4, -0.2) is 30.8 Å². The number of carbonyl (C=O) groups is 3. The summed E-state index contributed by atoms with van der Waals surface area (Å²) in [7, 11) is 0. The third-order valence-electron chi connectivity index (χ3n) is 5.42. The van der Waals surface area contributed by atoms with Crippen molar-refractivity contribution in [2.75, 3.05) is 33.9 Å². The molecule has 0 radical (unpaired) electrons. The quantitative estimate of drug-likeness (QED) is 0.418. The Labute approximate surface area is 200 Å². The number of nitrogens with one attached hydrogen (secondary N) is 3. The molecule has 3 amide bonds. The maximum atomic E-state index is 12.9. The van der Waals surface area contributed by atoms with E-state index in [0.29, 0.717) is 29.9 Å².